The number of carbonyl (C=O) groups is 1. The zero-order valence-electron chi connectivity index (χ0n) is 15.4. The van der Waals surface area contributed by atoms with E-state index < -0.39 is 5.92 Å². The highest BCUT2D eigenvalue weighted by Crippen LogP contribution is 2.31. The van der Waals surface area contributed by atoms with Crippen molar-refractivity contribution in [1.29, 1.82) is 5.41 Å². The van der Waals surface area contributed by atoms with Gasteiger partial charge in [-0.2, -0.15) is 0 Å². The van der Waals surface area contributed by atoms with E-state index in [1.165, 1.54) is 0 Å². The Labute approximate surface area is 163 Å². The molecule has 1 unspecified atom stereocenters. The zero-order chi connectivity index (χ0) is 19.5. The van der Waals surface area contributed by atoms with Gasteiger partial charge in [0.25, 0.3) is 0 Å². The molecule has 4 rings (SSSR count). The van der Waals surface area contributed by atoms with Gasteiger partial charge in [0.05, 0.1) is 5.92 Å². The van der Waals surface area contributed by atoms with Gasteiger partial charge < -0.3 is 5.73 Å². The van der Waals surface area contributed by atoms with Crippen LogP contribution in [0, 0.1) is 5.41 Å². The summed E-state index contributed by atoms with van der Waals surface area (Å²) in [7, 11) is 0. The molecule has 28 heavy (non-hydrogen) atoms. The number of nitrogens with two attached hydrogens (primary N) is 1. The van der Waals surface area contributed by atoms with Crippen LogP contribution in [-0.4, -0.2) is 11.9 Å². The van der Waals surface area contributed by atoms with E-state index in [4.69, 9.17) is 11.1 Å². The molecular formula is C24H21N3O. The second kappa shape index (κ2) is 7.53. The van der Waals surface area contributed by atoms with Crippen molar-refractivity contribution in [3.8, 4) is 0 Å². The number of nitrogens with one attached hydrogen (secondary N) is 2. The maximum atomic E-state index is 13.0. The third-order valence-corrected chi connectivity index (χ3v) is 5.08. The Morgan fingerprint density at radius 1 is 0.821 bits per heavy atom. The van der Waals surface area contributed by atoms with Crippen LogP contribution in [-0.2, 0) is 11.2 Å². The second-order valence-corrected chi connectivity index (χ2v) is 6.87. The normalized spacial score (nSPS) is 12.0. The SMILES string of the molecule is N=C(N)NC(=O)C(Cc1cccc2ccccc12)c1cccc2ccccc12. The van der Waals surface area contributed by atoms with Gasteiger partial charge in [-0.05, 0) is 39.1 Å². The summed E-state index contributed by atoms with van der Waals surface area (Å²) in [5.74, 6) is -1.06. The molecule has 0 fully saturated rings. The summed E-state index contributed by atoms with van der Waals surface area (Å²) in [5.41, 5.74) is 7.48. The predicted octanol–water partition coefficient (Wildman–Crippen LogP) is 4.33. The van der Waals surface area contributed by atoms with Crippen molar-refractivity contribution in [2.45, 2.75) is 12.3 Å². The molecule has 4 aromatic rings. The molecule has 0 aromatic heterocycles. The van der Waals surface area contributed by atoms with Crippen LogP contribution in [0.1, 0.15) is 17.0 Å². The van der Waals surface area contributed by atoms with Gasteiger partial charge in [-0.1, -0.05) is 84.9 Å². The summed E-state index contributed by atoms with van der Waals surface area (Å²) >= 11 is 0. The Balaban J connectivity index is 1.84. The average Bonchev–Trinajstić information content (AvgIpc) is 2.71. The third-order valence-electron chi connectivity index (χ3n) is 5.08. The Morgan fingerprint density at radius 2 is 1.39 bits per heavy atom. The lowest BCUT2D eigenvalue weighted by Gasteiger charge is -2.20. The van der Waals surface area contributed by atoms with Crippen molar-refractivity contribution in [1.82, 2.24) is 5.32 Å². The maximum absolute atomic E-state index is 13.0. The monoisotopic (exact) mass is 367 g/mol. The van der Waals surface area contributed by atoms with Crippen LogP contribution >= 0.6 is 0 Å². The summed E-state index contributed by atoms with van der Waals surface area (Å²) in [6.45, 7) is 0. The molecule has 0 aliphatic heterocycles. The van der Waals surface area contributed by atoms with Crippen LogP contribution in [0.15, 0.2) is 84.9 Å². The molecule has 0 aliphatic rings. The molecular weight excluding hydrogens is 346 g/mol. The Hall–Kier alpha value is -3.66. The molecule has 1 amide bonds. The Kier molecular flexibility index (Phi) is 4.77. The number of rotatable bonds is 4. The van der Waals surface area contributed by atoms with Crippen LogP contribution in [0.5, 0.6) is 0 Å². The summed E-state index contributed by atoms with van der Waals surface area (Å²) in [6, 6.07) is 28.3. The largest absolute Gasteiger partial charge is 0.370 e. The van der Waals surface area contributed by atoms with Crippen LogP contribution < -0.4 is 11.1 Å². The molecule has 0 bridgehead atoms. The van der Waals surface area contributed by atoms with Gasteiger partial charge in [0.2, 0.25) is 5.91 Å². The smallest absolute Gasteiger partial charge is 0.234 e. The number of hydrogen-bond acceptors (Lipinski definition) is 2. The van der Waals surface area contributed by atoms with E-state index in [0.29, 0.717) is 6.42 Å². The van der Waals surface area contributed by atoms with Gasteiger partial charge in [-0.3, -0.25) is 15.5 Å². The molecule has 0 spiro atoms. The molecule has 138 valence electrons. The molecule has 4 aromatic carbocycles. The first-order chi connectivity index (χ1) is 13.6. The zero-order valence-corrected chi connectivity index (χ0v) is 15.4. The molecule has 4 nitrogen and oxygen atoms in total. The van der Waals surface area contributed by atoms with Gasteiger partial charge in [0.1, 0.15) is 0 Å². The van der Waals surface area contributed by atoms with Crippen molar-refractivity contribution in [3.05, 3.63) is 96.1 Å². The van der Waals surface area contributed by atoms with Gasteiger partial charge in [-0.25, -0.2) is 0 Å². The number of guanidine groups is 1. The van der Waals surface area contributed by atoms with E-state index in [9.17, 15) is 4.79 Å². The fourth-order valence-corrected chi connectivity index (χ4v) is 3.81. The fraction of sp³-hybridized carbons (Fsp3) is 0.0833. The van der Waals surface area contributed by atoms with E-state index in [0.717, 1.165) is 32.7 Å². The number of carbonyl (C=O) groups excluding carboxylic acids is 1. The minimum absolute atomic E-state index is 0.267. The van der Waals surface area contributed by atoms with Crippen LogP contribution in [0.25, 0.3) is 21.5 Å². The van der Waals surface area contributed by atoms with Gasteiger partial charge in [0, 0.05) is 0 Å². The van der Waals surface area contributed by atoms with Gasteiger partial charge >= 0.3 is 0 Å². The van der Waals surface area contributed by atoms with Crippen LogP contribution in [0.3, 0.4) is 0 Å². The van der Waals surface area contributed by atoms with E-state index in [-0.39, 0.29) is 11.9 Å². The lowest BCUT2D eigenvalue weighted by Crippen LogP contribution is -2.39. The minimum Gasteiger partial charge on any atom is -0.370 e. The highest BCUT2D eigenvalue weighted by Gasteiger charge is 2.24. The highest BCUT2D eigenvalue weighted by atomic mass is 16.2. The lowest BCUT2D eigenvalue weighted by molar-refractivity contribution is -0.121. The number of fused-ring (bicyclic) bond motifs is 2. The van der Waals surface area contributed by atoms with E-state index in [1.807, 2.05) is 60.7 Å². The maximum Gasteiger partial charge on any atom is 0.234 e. The first-order valence-electron chi connectivity index (χ1n) is 9.22. The van der Waals surface area contributed by atoms with Crippen molar-refractivity contribution >= 4 is 33.4 Å². The Bertz CT molecular complexity index is 1170. The highest BCUT2D eigenvalue weighted by molar-refractivity contribution is 6.01. The molecule has 4 heteroatoms. The molecule has 0 saturated carbocycles. The average molecular weight is 367 g/mol. The fourth-order valence-electron chi connectivity index (χ4n) is 3.81. The molecule has 0 aliphatic carbocycles. The lowest BCUT2D eigenvalue weighted by atomic mass is 9.86. The second-order valence-electron chi connectivity index (χ2n) is 6.87. The predicted molar refractivity (Wildman–Crippen MR) is 114 cm³/mol. The summed E-state index contributed by atoms with van der Waals surface area (Å²) in [4.78, 5) is 13.0. The Morgan fingerprint density at radius 3 is 2.11 bits per heavy atom. The van der Waals surface area contributed by atoms with Crippen LogP contribution in [0.4, 0.5) is 0 Å². The number of benzene rings is 4. The molecule has 0 radical (unpaired) electrons. The van der Waals surface area contributed by atoms with Crippen molar-refractivity contribution in [2.75, 3.05) is 0 Å². The number of hydrogen-bond donors (Lipinski definition) is 3. The third kappa shape index (κ3) is 3.45. The summed E-state index contributed by atoms with van der Waals surface area (Å²) < 4.78 is 0. The number of amides is 1. The standard InChI is InChI=1S/C24H21N3O/c25-24(26)27-23(28)22(21-14-6-10-17-8-2-4-13-20(17)21)15-18-11-5-9-16-7-1-3-12-19(16)18/h1-14,22H,15H2,(H4,25,26,27,28). The minimum atomic E-state index is -0.458. The van der Waals surface area contributed by atoms with E-state index in [2.05, 4.69) is 29.6 Å². The van der Waals surface area contributed by atoms with Crippen molar-refractivity contribution < 1.29 is 4.79 Å². The summed E-state index contributed by atoms with van der Waals surface area (Å²) in [5, 5.41) is 14.4. The molecule has 0 saturated heterocycles. The first-order valence-corrected chi connectivity index (χ1v) is 9.22. The van der Waals surface area contributed by atoms with Gasteiger partial charge in [0.15, 0.2) is 5.96 Å². The van der Waals surface area contributed by atoms with E-state index in [1.54, 1.807) is 0 Å². The van der Waals surface area contributed by atoms with Crippen LogP contribution in [0.2, 0.25) is 0 Å². The van der Waals surface area contributed by atoms with E-state index >= 15 is 0 Å². The van der Waals surface area contributed by atoms with Crippen molar-refractivity contribution in [2.24, 2.45) is 5.73 Å². The molecule has 0 heterocycles. The topological polar surface area (TPSA) is 79.0 Å². The van der Waals surface area contributed by atoms with Crippen molar-refractivity contribution in [3.63, 3.8) is 0 Å². The van der Waals surface area contributed by atoms with Gasteiger partial charge in [-0.15, -0.1) is 0 Å². The molecule has 4 N–H and O–H groups in total. The first kappa shape index (κ1) is 17.7. The molecule has 1 atom stereocenters. The summed E-state index contributed by atoms with van der Waals surface area (Å²) in [6.07, 6.45) is 0.522. The quantitative estimate of drug-likeness (QED) is 0.371.